The lowest BCUT2D eigenvalue weighted by atomic mass is 9.82. The molecule has 0 aliphatic carbocycles. The van der Waals surface area contributed by atoms with Gasteiger partial charge in [-0.1, -0.05) is 51.1 Å². The van der Waals surface area contributed by atoms with E-state index < -0.39 is 47.6 Å². The maximum atomic E-state index is 14.7. The monoisotopic (exact) mass is 513 g/mol. The van der Waals surface area contributed by atoms with Gasteiger partial charge in [0.2, 0.25) is 5.91 Å². The molecule has 0 aliphatic rings. The average molecular weight is 514 g/mol. The number of aliphatic carboxylic acids is 1. The van der Waals surface area contributed by atoms with Gasteiger partial charge in [0.25, 0.3) is 0 Å². The lowest BCUT2D eigenvalue weighted by Crippen LogP contribution is -2.46. The van der Waals surface area contributed by atoms with Gasteiger partial charge in [0.1, 0.15) is 24.3 Å². The molecule has 0 fully saturated rings. The molecule has 3 rings (SSSR count). The minimum Gasteiger partial charge on any atom is -0.480 e. The third kappa shape index (κ3) is 6.81. The van der Waals surface area contributed by atoms with E-state index in [0.717, 1.165) is 23.8 Å². The predicted molar refractivity (Wildman–Crippen MR) is 137 cm³/mol. The number of amides is 1. The number of hydrogen-bond acceptors (Lipinski definition) is 4. The topological polar surface area (TPSA) is 109 Å². The maximum absolute atomic E-state index is 14.7. The summed E-state index contributed by atoms with van der Waals surface area (Å²) < 4.78 is 30.7. The molecule has 1 aromatic heterocycles. The Morgan fingerprint density at radius 1 is 1.08 bits per heavy atom. The molecule has 0 saturated carbocycles. The van der Waals surface area contributed by atoms with Crippen LogP contribution in [0.5, 0.6) is 0 Å². The van der Waals surface area contributed by atoms with Crippen LogP contribution in [0.1, 0.15) is 44.5 Å². The highest BCUT2D eigenvalue weighted by atomic mass is 19.1. The number of carbonyl (C=O) groups is 2. The molecule has 198 valence electrons. The normalized spacial score (nSPS) is 13.3. The fourth-order valence-corrected chi connectivity index (χ4v) is 4.50. The van der Waals surface area contributed by atoms with Crippen LogP contribution in [0.15, 0.2) is 60.8 Å². The number of carboxylic acids is 1. The molecule has 2 unspecified atom stereocenters. The molecule has 2 atom stereocenters. The van der Waals surface area contributed by atoms with E-state index in [1.165, 1.54) is 4.90 Å². The molecule has 0 aliphatic heterocycles. The average Bonchev–Trinajstić information content (AvgIpc) is 3.24. The summed E-state index contributed by atoms with van der Waals surface area (Å²) in [4.78, 5) is 25.7. The van der Waals surface area contributed by atoms with Crippen LogP contribution in [0.25, 0.3) is 11.1 Å². The van der Waals surface area contributed by atoms with E-state index in [9.17, 15) is 28.6 Å². The Morgan fingerprint density at radius 3 is 2.35 bits per heavy atom. The zero-order chi connectivity index (χ0) is 27.3. The van der Waals surface area contributed by atoms with Crippen molar-refractivity contribution in [2.45, 2.75) is 45.8 Å². The number of benzene rings is 2. The fourth-order valence-electron chi connectivity index (χ4n) is 4.50. The number of halogens is 2. The largest absolute Gasteiger partial charge is 0.480 e. The number of nitrogens with zero attached hydrogens (tertiary/aromatic N) is 2. The summed E-state index contributed by atoms with van der Waals surface area (Å²) in [7, 11) is 0. The minimum atomic E-state index is -1.19. The van der Waals surface area contributed by atoms with Crippen molar-refractivity contribution in [3.63, 3.8) is 0 Å². The fraction of sp³-hybridized carbons (Fsp3) is 0.357. The van der Waals surface area contributed by atoms with E-state index in [1.54, 1.807) is 12.3 Å². The van der Waals surface area contributed by atoms with Gasteiger partial charge in [-0.05, 0) is 41.7 Å². The molecule has 0 spiro atoms. The van der Waals surface area contributed by atoms with E-state index in [1.807, 2.05) is 55.7 Å². The smallest absolute Gasteiger partial charge is 0.320 e. The highest BCUT2D eigenvalue weighted by Crippen LogP contribution is 2.41. The standard InChI is InChI=1S/C28H33F2N3O4/c1-28(2,3)26(33(25(35)17-34)12-11-23(31)27(36)37)24-13-19(21-14-20(29)9-10-22(21)30)16-32(24)15-18-7-5-4-6-8-18/h4-10,13-14,16,23,26,34H,11-12,15,17,31H2,1-3H3,(H,36,37). The van der Waals surface area contributed by atoms with Crippen LogP contribution in [-0.4, -0.2) is 50.8 Å². The summed E-state index contributed by atoms with van der Waals surface area (Å²) in [6.45, 7) is 5.32. The predicted octanol–water partition coefficient (Wildman–Crippen LogP) is 4.19. The van der Waals surface area contributed by atoms with Gasteiger partial charge in [-0.2, -0.15) is 0 Å². The zero-order valence-electron chi connectivity index (χ0n) is 21.2. The summed E-state index contributed by atoms with van der Waals surface area (Å²) in [5, 5.41) is 19.0. The van der Waals surface area contributed by atoms with Crippen molar-refractivity contribution < 1.29 is 28.6 Å². The lowest BCUT2D eigenvalue weighted by molar-refractivity contribution is -0.142. The van der Waals surface area contributed by atoms with Gasteiger partial charge in [0.15, 0.2) is 0 Å². The molecule has 1 heterocycles. The van der Waals surface area contributed by atoms with E-state index >= 15 is 0 Å². The third-order valence-electron chi connectivity index (χ3n) is 6.23. The minimum absolute atomic E-state index is 0.0189. The highest BCUT2D eigenvalue weighted by molar-refractivity contribution is 5.78. The number of nitrogens with two attached hydrogens (primary N) is 1. The van der Waals surface area contributed by atoms with Crippen LogP contribution in [0.4, 0.5) is 8.78 Å². The molecule has 2 aromatic carbocycles. The summed E-state index contributed by atoms with van der Waals surface area (Å²) in [6, 6.07) is 12.6. The van der Waals surface area contributed by atoms with Crippen molar-refractivity contribution in [2.24, 2.45) is 11.1 Å². The Bertz CT molecular complexity index is 1240. The van der Waals surface area contributed by atoms with E-state index in [0.29, 0.717) is 17.8 Å². The quantitative estimate of drug-likeness (QED) is 0.377. The van der Waals surface area contributed by atoms with Crippen molar-refractivity contribution in [3.8, 4) is 11.1 Å². The number of aliphatic hydroxyl groups is 1. The molecule has 3 aromatic rings. The van der Waals surface area contributed by atoms with Crippen molar-refractivity contribution in [1.29, 1.82) is 0 Å². The summed E-state index contributed by atoms with van der Waals surface area (Å²) >= 11 is 0. The summed E-state index contributed by atoms with van der Waals surface area (Å²) in [5.74, 6) is -2.96. The van der Waals surface area contributed by atoms with Crippen molar-refractivity contribution in [1.82, 2.24) is 9.47 Å². The molecule has 0 radical (unpaired) electrons. The van der Waals surface area contributed by atoms with Gasteiger partial charge in [-0.3, -0.25) is 9.59 Å². The number of aromatic nitrogens is 1. The van der Waals surface area contributed by atoms with Crippen LogP contribution < -0.4 is 5.73 Å². The van der Waals surface area contributed by atoms with E-state index in [4.69, 9.17) is 5.73 Å². The Balaban J connectivity index is 2.18. The van der Waals surface area contributed by atoms with Crippen molar-refractivity contribution >= 4 is 11.9 Å². The lowest BCUT2D eigenvalue weighted by Gasteiger charge is -2.41. The van der Waals surface area contributed by atoms with Gasteiger partial charge in [-0.25, -0.2) is 8.78 Å². The summed E-state index contributed by atoms with van der Waals surface area (Å²) in [6.07, 6.45) is 1.68. The van der Waals surface area contributed by atoms with Gasteiger partial charge < -0.3 is 25.4 Å². The second-order valence-corrected chi connectivity index (χ2v) is 10.1. The first-order valence-corrected chi connectivity index (χ1v) is 12.0. The Morgan fingerprint density at radius 2 is 1.76 bits per heavy atom. The van der Waals surface area contributed by atoms with Crippen molar-refractivity contribution in [3.05, 3.63) is 83.7 Å². The highest BCUT2D eigenvalue weighted by Gasteiger charge is 2.37. The SMILES string of the molecule is CC(C)(C)C(c1cc(-c2cc(F)ccc2F)cn1Cc1ccccc1)N(CCC(N)C(=O)O)C(=O)CO. The van der Waals surface area contributed by atoms with Crippen molar-refractivity contribution in [2.75, 3.05) is 13.2 Å². The molecular weight excluding hydrogens is 480 g/mol. The van der Waals surface area contributed by atoms with Crippen LogP contribution in [0.2, 0.25) is 0 Å². The number of rotatable bonds is 10. The Hall–Kier alpha value is -3.56. The van der Waals surface area contributed by atoms with Crippen LogP contribution in [0.3, 0.4) is 0 Å². The van der Waals surface area contributed by atoms with E-state index in [-0.39, 0.29) is 18.5 Å². The molecule has 1 amide bonds. The first kappa shape index (κ1) is 28.0. The molecule has 37 heavy (non-hydrogen) atoms. The first-order chi connectivity index (χ1) is 17.4. The Labute approximate surface area is 215 Å². The second-order valence-electron chi connectivity index (χ2n) is 10.1. The number of hydrogen-bond donors (Lipinski definition) is 3. The van der Waals surface area contributed by atoms with Crippen LogP contribution >= 0.6 is 0 Å². The molecule has 9 heteroatoms. The van der Waals surface area contributed by atoms with Gasteiger partial charge in [0, 0.05) is 36.1 Å². The van der Waals surface area contributed by atoms with E-state index in [2.05, 4.69) is 0 Å². The van der Waals surface area contributed by atoms with Gasteiger partial charge >= 0.3 is 5.97 Å². The third-order valence-corrected chi connectivity index (χ3v) is 6.23. The summed E-state index contributed by atoms with van der Waals surface area (Å²) in [5.41, 5.74) is 7.20. The maximum Gasteiger partial charge on any atom is 0.320 e. The number of aliphatic hydroxyl groups excluding tert-OH is 1. The van der Waals surface area contributed by atoms with Crippen LogP contribution in [-0.2, 0) is 16.1 Å². The second kappa shape index (κ2) is 11.7. The first-order valence-electron chi connectivity index (χ1n) is 12.0. The molecule has 4 N–H and O–H groups in total. The van der Waals surface area contributed by atoms with Gasteiger partial charge in [0.05, 0.1) is 6.04 Å². The van der Waals surface area contributed by atoms with Crippen LogP contribution in [0, 0.1) is 17.0 Å². The number of carbonyl (C=O) groups excluding carboxylic acids is 1. The molecule has 0 saturated heterocycles. The number of carboxylic acid groups (broad SMARTS) is 1. The molecular formula is C28H33F2N3O4. The Kier molecular flexibility index (Phi) is 8.83. The molecule has 0 bridgehead atoms. The molecule has 7 nitrogen and oxygen atoms in total. The van der Waals surface area contributed by atoms with Gasteiger partial charge in [-0.15, -0.1) is 0 Å². The zero-order valence-corrected chi connectivity index (χ0v) is 21.2.